The number of nitrogens with zero attached hydrogens (tertiary/aromatic N) is 2. The van der Waals surface area contributed by atoms with Gasteiger partial charge in [0, 0.05) is 11.1 Å². The molecule has 76 valence electrons. The lowest BCUT2D eigenvalue weighted by molar-refractivity contribution is -0.383. The highest BCUT2D eigenvalue weighted by Crippen LogP contribution is 2.25. The predicted molar refractivity (Wildman–Crippen MR) is 54.0 cm³/mol. The smallest absolute Gasteiger partial charge is 0.287 e. The number of hydrogen-bond acceptors (Lipinski definition) is 4. The van der Waals surface area contributed by atoms with Gasteiger partial charge in [-0.25, -0.2) is 0 Å². The highest BCUT2D eigenvalue weighted by molar-refractivity contribution is 6.31. The number of nitro groups is 1. The molecule has 0 unspecified atom stereocenters. The summed E-state index contributed by atoms with van der Waals surface area (Å²) in [5.74, 6) is 0. The van der Waals surface area contributed by atoms with E-state index in [1.165, 1.54) is 12.1 Å². The van der Waals surface area contributed by atoms with Gasteiger partial charge < -0.3 is 0 Å². The van der Waals surface area contributed by atoms with Crippen LogP contribution in [-0.2, 0) is 0 Å². The minimum absolute atomic E-state index is 0.0805. The van der Waals surface area contributed by atoms with Crippen LogP contribution in [-0.4, -0.2) is 15.1 Å². The lowest BCUT2D eigenvalue weighted by Gasteiger charge is -1.98. The van der Waals surface area contributed by atoms with Gasteiger partial charge >= 0.3 is 0 Å². The van der Waals surface area contributed by atoms with Gasteiger partial charge in [0.2, 0.25) is 5.43 Å². The van der Waals surface area contributed by atoms with Crippen LogP contribution < -0.4 is 5.43 Å². The van der Waals surface area contributed by atoms with Crippen LogP contribution in [0.1, 0.15) is 0 Å². The third-order valence-electron chi connectivity index (χ3n) is 1.90. The molecule has 0 spiro atoms. The average molecular weight is 226 g/mol. The quantitative estimate of drug-likeness (QED) is 0.588. The Kier molecular flexibility index (Phi) is 2.12. The van der Waals surface area contributed by atoms with Gasteiger partial charge in [0.05, 0.1) is 16.5 Å². The summed E-state index contributed by atoms with van der Waals surface area (Å²) >= 11 is 5.66. The summed E-state index contributed by atoms with van der Waals surface area (Å²) in [7, 11) is 0. The molecule has 0 amide bonds. The van der Waals surface area contributed by atoms with E-state index in [4.69, 9.17) is 11.6 Å². The van der Waals surface area contributed by atoms with E-state index in [9.17, 15) is 14.9 Å². The second kappa shape index (κ2) is 3.32. The zero-order valence-electron chi connectivity index (χ0n) is 7.23. The van der Waals surface area contributed by atoms with E-state index in [0.29, 0.717) is 0 Å². The van der Waals surface area contributed by atoms with Crippen molar-refractivity contribution < 1.29 is 4.92 Å². The minimum atomic E-state index is -0.619. The Morgan fingerprint density at radius 2 is 2.20 bits per heavy atom. The Labute approximate surface area is 87.6 Å². The van der Waals surface area contributed by atoms with Crippen molar-refractivity contribution in [2.45, 2.75) is 0 Å². The Hall–Kier alpha value is -1.95. The number of nitro benzene ring substituents is 1. The highest BCUT2D eigenvalue weighted by atomic mass is 35.5. The predicted octanol–water partition coefficient (Wildman–Crippen LogP) is 1.48. The Morgan fingerprint density at radius 3 is 2.87 bits per heavy atom. The third-order valence-corrected chi connectivity index (χ3v) is 2.12. The Morgan fingerprint density at radius 1 is 1.47 bits per heavy atom. The number of nitrogens with one attached hydrogen (secondary N) is 1. The van der Waals surface area contributed by atoms with Crippen LogP contribution in [0.5, 0.6) is 0 Å². The van der Waals surface area contributed by atoms with E-state index in [-0.39, 0.29) is 21.6 Å². The van der Waals surface area contributed by atoms with Gasteiger partial charge in [-0.2, -0.15) is 5.10 Å². The molecule has 0 saturated heterocycles. The van der Waals surface area contributed by atoms with Gasteiger partial charge in [0.15, 0.2) is 0 Å². The lowest BCUT2D eigenvalue weighted by atomic mass is 10.2. The maximum Gasteiger partial charge on any atom is 0.296 e. The number of fused-ring (bicyclic) bond motifs is 1. The molecule has 0 fully saturated rings. The molecule has 1 aromatic heterocycles. The fourth-order valence-electron chi connectivity index (χ4n) is 1.27. The number of benzene rings is 1. The molecular weight excluding hydrogens is 222 g/mol. The second-order valence-corrected chi connectivity index (χ2v) is 3.28. The molecule has 1 N–H and O–H groups in total. The molecule has 2 aromatic rings. The third kappa shape index (κ3) is 1.55. The van der Waals surface area contributed by atoms with Gasteiger partial charge in [-0.3, -0.25) is 20.0 Å². The molecular formula is C8H4ClN3O3. The van der Waals surface area contributed by atoms with Gasteiger partial charge in [-0.15, -0.1) is 0 Å². The monoisotopic (exact) mass is 225 g/mol. The van der Waals surface area contributed by atoms with Gasteiger partial charge in [0.1, 0.15) is 5.52 Å². The van der Waals surface area contributed by atoms with E-state index in [2.05, 4.69) is 10.2 Å². The number of aromatic nitrogens is 2. The highest BCUT2D eigenvalue weighted by Gasteiger charge is 2.15. The molecule has 0 aliphatic heterocycles. The van der Waals surface area contributed by atoms with Gasteiger partial charge in [-0.05, 0) is 6.07 Å². The molecule has 6 nitrogen and oxygen atoms in total. The van der Waals surface area contributed by atoms with Gasteiger partial charge in [-0.1, -0.05) is 11.6 Å². The van der Waals surface area contributed by atoms with Crippen LogP contribution in [0.2, 0.25) is 5.02 Å². The number of rotatable bonds is 1. The van der Waals surface area contributed by atoms with Gasteiger partial charge in [0.25, 0.3) is 5.69 Å². The number of non-ortho nitro benzene ring substituents is 1. The maximum absolute atomic E-state index is 11.3. The Bertz CT molecular complexity index is 608. The zero-order chi connectivity index (χ0) is 11.0. The lowest BCUT2D eigenvalue weighted by Crippen LogP contribution is -2.04. The average Bonchev–Trinajstić information content (AvgIpc) is 2.18. The number of aromatic amines is 1. The van der Waals surface area contributed by atoms with Crippen molar-refractivity contribution in [1.29, 1.82) is 0 Å². The van der Waals surface area contributed by atoms with Crippen molar-refractivity contribution in [2.24, 2.45) is 0 Å². The first-order chi connectivity index (χ1) is 7.09. The number of H-pyrrole nitrogens is 1. The van der Waals surface area contributed by atoms with E-state index in [0.717, 1.165) is 6.20 Å². The van der Waals surface area contributed by atoms with Crippen molar-refractivity contribution in [3.05, 3.63) is 43.7 Å². The summed E-state index contributed by atoms with van der Waals surface area (Å²) < 4.78 is 0. The molecule has 1 heterocycles. The summed E-state index contributed by atoms with van der Waals surface area (Å²) in [6.07, 6.45) is 1.04. The normalized spacial score (nSPS) is 10.5. The van der Waals surface area contributed by atoms with E-state index >= 15 is 0 Å². The van der Waals surface area contributed by atoms with Crippen molar-refractivity contribution >= 4 is 28.2 Å². The maximum atomic E-state index is 11.3. The molecule has 0 aliphatic rings. The summed E-state index contributed by atoms with van der Waals surface area (Å²) in [6, 6.07) is 2.53. The first-order valence-corrected chi connectivity index (χ1v) is 4.29. The topological polar surface area (TPSA) is 88.9 Å². The van der Waals surface area contributed by atoms with E-state index in [1.807, 2.05) is 0 Å². The molecule has 7 heteroatoms. The summed E-state index contributed by atoms with van der Waals surface area (Å²) in [5.41, 5.74) is -0.589. The standard InChI is InChI=1S/C8H4ClN3O3/c9-4-1-5-7(13)3-10-11-8(5)6(2-4)12(14)15/h1-3H,(H,11,13). The zero-order valence-corrected chi connectivity index (χ0v) is 7.99. The van der Waals surface area contributed by atoms with Crippen molar-refractivity contribution in [3.8, 4) is 0 Å². The summed E-state index contributed by atoms with van der Waals surface area (Å²) in [5, 5.41) is 16.9. The van der Waals surface area contributed by atoms with Crippen LogP contribution >= 0.6 is 11.6 Å². The fourth-order valence-corrected chi connectivity index (χ4v) is 1.49. The molecule has 0 atom stereocenters. The van der Waals surface area contributed by atoms with E-state index in [1.54, 1.807) is 0 Å². The van der Waals surface area contributed by atoms with Crippen molar-refractivity contribution in [2.75, 3.05) is 0 Å². The van der Waals surface area contributed by atoms with E-state index < -0.39 is 10.4 Å². The van der Waals surface area contributed by atoms with Crippen LogP contribution in [0.4, 0.5) is 5.69 Å². The van der Waals surface area contributed by atoms with Crippen LogP contribution in [0, 0.1) is 10.1 Å². The molecule has 2 rings (SSSR count). The molecule has 0 saturated carbocycles. The van der Waals surface area contributed by atoms with Crippen LogP contribution in [0.25, 0.3) is 10.9 Å². The summed E-state index contributed by atoms with van der Waals surface area (Å²) in [6.45, 7) is 0. The summed E-state index contributed by atoms with van der Waals surface area (Å²) in [4.78, 5) is 21.4. The minimum Gasteiger partial charge on any atom is -0.287 e. The SMILES string of the molecule is O=c1cn[nH]c2c([N+](=O)[O-])cc(Cl)cc12. The molecule has 15 heavy (non-hydrogen) atoms. The van der Waals surface area contributed by atoms with Crippen molar-refractivity contribution in [1.82, 2.24) is 10.2 Å². The first kappa shape index (κ1) is 9.60. The van der Waals surface area contributed by atoms with Crippen molar-refractivity contribution in [3.63, 3.8) is 0 Å². The van der Waals surface area contributed by atoms with Crippen LogP contribution in [0.3, 0.4) is 0 Å². The number of halogens is 1. The molecule has 0 aliphatic carbocycles. The largest absolute Gasteiger partial charge is 0.296 e. The fraction of sp³-hybridized carbons (Fsp3) is 0. The molecule has 1 aromatic carbocycles. The number of hydrogen-bond donors (Lipinski definition) is 1. The molecule has 0 bridgehead atoms. The molecule has 0 radical (unpaired) electrons. The van der Waals surface area contributed by atoms with Crippen LogP contribution in [0.15, 0.2) is 23.1 Å². The Balaban J connectivity index is 2.99. The first-order valence-electron chi connectivity index (χ1n) is 3.91. The second-order valence-electron chi connectivity index (χ2n) is 2.84.